The van der Waals surface area contributed by atoms with Gasteiger partial charge >= 0.3 is 0 Å². The minimum atomic E-state index is -0.0872. The van der Waals surface area contributed by atoms with E-state index < -0.39 is 0 Å². The highest BCUT2D eigenvalue weighted by molar-refractivity contribution is 6.22. The molecule has 3 atom stereocenters. The number of imide groups is 1. The molecule has 19 heavy (non-hydrogen) atoms. The molecule has 2 amide bonds. The number of hydrogen-bond donors (Lipinski definition) is 0. The monoisotopic (exact) mass is 257 g/mol. The van der Waals surface area contributed by atoms with Crippen molar-refractivity contribution in [3.63, 3.8) is 0 Å². The molecule has 3 rings (SSSR count). The highest BCUT2D eigenvalue weighted by Crippen LogP contribution is 2.42. The summed E-state index contributed by atoms with van der Waals surface area (Å²) in [4.78, 5) is 26.5. The topological polar surface area (TPSA) is 37.4 Å². The van der Waals surface area contributed by atoms with Crippen LogP contribution in [0, 0.1) is 24.7 Å². The third-order valence-electron chi connectivity index (χ3n) is 4.54. The van der Waals surface area contributed by atoms with Crippen molar-refractivity contribution in [3.05, 3.63) is 29.8 Å². The maximum absolute atomic E-state index is 12.6. The third kappa shape index (κ3) is 1.88. The van der Waals surface area contributed by atoms with Crippen molar-refractivity contribution < 1.29 is 9.59 Å². The summed E-state index contributed by atoms with van der Waals surface area (Å²) >= 11 is 0. The smallest absolute Gasteiger partial charge is 0.237 e. The molecule has 2 aliphatic rings. The molecule has 1 heterocycles. The molecule has 100 valence electrons. The van der Waals surface area contributed by atoms with Crippen LogP contribution in [0.15, 0.2) is 24.3 Å². The van der Waals surface area contributed by atoms with Crippen LogP contribution >= 0.6 is 0 Å². The third-order valence-corrected chi connectivity index (χ3v) is 4.54. The van der Waals surface area contributed by atoms with Gasteiger partial charge in [0.2, 0.25) is 11.8 Å². The SMILES string of the molecule is Cc1ccccc1N1C(=O)[C@H]2CC[C@@H](C)C[C@@H]2C1=O. The van der Waals surface area contributed by atoms with Gasteiger partial charge in [-0.1, -0.05) is 25.1 Å². The highest BCUT2D eigenvalue weighted by atomic mass is 16.2. The summed E-state index contributed by atoms with van der Waals surface area (Å²) in [5, 5.41) is 0. The van der Waals surface area contributed by atoms with Crippen molar-refractivity contribution in [1.29, 1.82) is 0 Å². The first kappa shape index (κ1) is 12.4. The molecule has 0 bridgehead atoms. The van der Waals surface area contributed by atoms with Crippen LogP contribution in [0.25, 0.3) is 0 Å². The van der Waals surface area contributed by atoms with Gasteiger partial charge in [-0.05, 0) is 43.7 Å². The molecule has 2 fully saturated rings. The Bertz CT molecular complexity index is 537. The first-order valence-electron chi connectivity index (χ1n) is 7.03. The Balaban J connectivity index is 1.98. The number of anilines is 1. The predicted octanol–water partition coefficient (Wildman–Crippen LogP) is 2.92. The largest absolute Gasteiger partial charge is 0.274 e. The van der Waals surface area contributed by atoms with E-state index in [4.69, 9.17) is 0 Å². The molecule has 0 spiro atoms. The first-order chi connectivity index (χ1) is 9.09. The fraction of sp³-hybridized carbons (Fsp3) is 0.500. The average Bonchev–Trinajstić information content (AvgIpc) is 2.63. The molecule has 0 radical (unpaired) electrons. The van der Waals surface area contributed by atoms with Gasteiger partial charge in [0.1, 0.15) is 0 Å². The second-order valence-electron chi connectivity index (χ2n) is 5.93. The lowest BCUT2D eigenvalue weighted by Gasteiger charge is -2.25. The van der Waals surface area contributed by atoms with E-state index in [0.29, 0.717) is 5.92 Å². The number of carbonyl (C=O) groups excluding carboxylic acids is 2. The zero-order valence-corrected chi connectivity index (χ0v) is 11.4. The van der Waals surface area contributed by atoms with Crippen molar-refractivity contribution >= 4 is 17.5 Å². The Hall–Kier alpha value is -1.64. The molecule has 0 N–H and O–H groups in total. The number of fused-ring (bicyclic) bond motifs is 1. The van der Waals surface area contributed by atoms with Crippen LogP contribution in [0.2, 0.25) is 0 Å². The van der Waals surface area contributed by atoms with Crippen molar-refractivity contribution in [3.8, 4) is 0 Å². The lowest BCUT2D eigenvalue weighted by atomic mass is 9.76. The van der Waals surface area contributed by atoms with Crippen molar-refractivity contribution in [1.82, 2.24) is 0 Å². The predicted molar refractivity (Wildman–Crippen MR) is 73.7 cm³/mol. The summed E-state index contributed by atoms with van der Waals surface area (Å²) in [6.07, 6.45) is 2.78. The van der Waals surface area contributed by atoms with Crippen LogP contribution < -0.4 is 4.90 Å². The highest BCUT2D eigenvalue weighted by Gasteiger charge is 2.50. The van der Waals surface area contributed by atoms with E-state index in [1.165, 1.54) is 4.90 Å². The normalized spacial score (nSPS) is 30.6. The maximum atomic E-state index is 12.6. The van der Waals surface area contributed by atoms with Gasteiger partial charge < -0.3 is 0 Å². The average molecular weight is 257 g/mol. The summed E-state index contributed by atoms with van der Waals surface area (Å²) in [6, 6.07) is 7.62. The standard InChI is InChI=1S/C16H19NO2/c1-10-7-8-12-13(9-10)16(19)17(15(12)18)14-6-4-3-5-11(14)2/h3-6,10,12-13H,7-9H2,1-2H3/t10-,12+,13+/m1/s1. The Morgan fingerprint density at radius 1 is 1.05 bits per heavy atom. The van der Waals surface area contributed by atoms with E-state index in [0.717, 1.165) is 30.5 Å². The Labute approximate surface area is 113 Å². The molecular weight excluding hydrogens is 238 g/mol. The Morgan fingerprint density at radius 2 is 1.74 bits per heavy atom. The molecule has 1 saturated carbocycles. The van der Waals surface area contributed by atoms with Gasteiger partial charge in [-0.3, -0.25) is 9.59 Å². The molecule has 1 aliphatic heterocycles. The molecule has 1 aliphatic carbocycles. The van der Waals surface area contributed by atoms with Crippen LogP contribution in [0.3, 0.4) is 0 Å². The van der Waals surface area contributed by atoms with Crippen LogP contribution in [-0.2, 0) is 9.59 Å². The number of amides is 2. The van der Waals surface area contributed by atoms with Gasteiger partial charge in [0.25, 0.3) is 0 Å². The second kappa shape index (κ2) is 4.48. The van der Waals surface area contributed by atoms with E-state index >= 15 is 0 Å². The molecule has 0 aromatic heterocycles. The Kier molecular flexibility index (Phi) is 2.92. The van der Waals surface area contributed by atoms with Crippen molar-refractivity contribution in [2.24, 2.45) is 17.8 Å². The van der Waals surface area contributed by atoms with Crippen LogP contribution in [0.4, 0.5) is 5.69 Å². The number of hydrogen-bond acceptors (Lipinski definition) is 2. The fourth-order valence-electron chi connectivity index (χ4n) is 3.44. The number of nitrogens with zero attached hydrogens (tertiary/aromatic N) is 1. The minimum absolute atomic E-state index is 0.0100. The molecule has 0 unspecified atom stereocenters. The fourth-order valence-corrected chi connectivity index (χ4v) is 3.44. The summed E-state index contributed by atoms with van der Waals surface area (Å²) in [7, 11) is 0. The summed E-state index contributed by atoms with van der Waals surface area (Å²) in [5.74, 6) is 0.404. The van der Waals surface area contributed by atoms with Gasteiger partial charge in [0.15, 0.2) is 0 Å². The number of para-hydroxylation sites is 1. The van der Waals surface area contributed by atoms with Crippen LogP contribution in [-0.4, -0.2) is 11.8 Å². The van der Waals surface area contributed by atoms with Gasteiger partial charge in [-0.15, -0.1) is 0 Å². The summed E-state index contributed by atoms with van der Waals surface area (Å²) in [5.41, 5.74) is 1.75. The zero-order valence-electron chi connectivity index (χ0n) is 11.4. The number of benzene rings is 1. The van der Waals surface area contributed by atoms with Crippen LogP contribution in [0.1, 0.15) is 31.7 Å². The van der Waals surface area contributed by atoms with E-state index in [2.05, 4.69) is 6.92 Å². The van der Waals surface area contributed by atoms with Gasteiger partial charge in [0.05, 0.1) is 17.5 Å². The van der Waals surface area contributed by atoms with E-state index in [9.17, 15) is 9.59 Å². The first-order valence-corrected chi connectivity index (χ1v) is 7.03. The lowest BCUT2D eigenvalue weighted by molar-refractivity contribution is -0.122. The lowest BCUT2D eigenvalue weighted by Crippen LogP contribution is -2.31. The summed E-state index contributed by atoms with van der Waals surface area (Å²) < 4.78 is 0. The molecular formula is C16H19NO2. The van der Waals surface area contributed by atoms with Crippen molar-refractivity contribution in [2.45, 2.75) is 33.1 Å². The van der Waals surface area contributed by atoms with Crippen LogP contribution in [0.5, 0.6) is 0 Å². The minimum Gasteiger partial charge on any atom is -0.274 e. The number of rotatable bonds is 1. The molecule has 3 heteroatoms. The van der Waals surface area contributed by atoms with E-state index in [1.54, 1.807) is 0 Å². The Morgan fingerprint density at radius 3 is 2.47 bits per heavy atom. The molecule has 1 aromatic carbocycles. The van der Waals surface area contributed by atoms with Gasteiger partial charge in [0, 0.05) is 0 Å². The molecule has 3 nitrogen and oxygen atoms in total. The molecule has 1 aromatic rings. The zero-order chi connectivity index (χ0) is 13.6. The number of aryl methyl sites for hydroxylation is 1. The van der Waals surface area contributed by atoms with E-state index in [-0.39, 0.29) is 23.7 Å². The molecule has 1 saturated heterocycles. The van der Waals surface area contributed by atoms with E-state index in [1.807, 2.05) is 31.2 Å². The quantitative estimate of drug-likeness (QED) is 0.725. The summed E-state index contributed by atoms with van der Waals surface area (Å²) in [6.45, 7) is 4.12. The second-order valence-corrected chi connectivity index (χ2v) is 5.93. The maximum Gasteiger partial charge on any atom is 0.237 e. The number of carbonyl (C=O) groups is 2. The van der Waals surface area contributed by atoms with Gasteiger partial charge in [-0.2, -0.15) is 0 Å². The van der Waals surface area contributed by atoms with Crippen molar-refractivity contribution in [2.75, 3.05) is 4.90 Å². The van der Waals surface area contributed by atoms with Gasteiger partial charge in [-0.25, -0.2) is 4.90 Å².